The van der Waals surface area contributed by atoms with Gasteiger partial charge in [-0.25, -0.2) is 9.97 Å². The molecule has 4 nitrogen and oxygen atoms in total. The second-order valence-electron chi connectivity index (χ2n) is 3.56. The maximum Gasteiger partial charge on any atom is 0.143 e. The van der Waals surface area contributed by atoms with E-state index in [9.17, 15) is 0 Å². The molecule has 1 saturated heterocycles. The van der Waals surface area contributed by atoms with Crippen LogP contribution < -0.4 is 5.32 Å². The van der Waals surface area contributed by atoms with Crippen molar-refractivity contribution in [2.75, 3.05) is 25.6 Å². The molecule has 1 aromatic heterocycles. The van der Waals surface area contributed by atoms with Crippen LogP contribution in [-0.4, -0.2) is 30.2 Å². The molecule has 1 aromatic rings. The minimum atomic E-state index is 0.443. The molecule has 0 saturated carbocycles. The fraction of sp³-hybridized carbons (Fsp3) is 0.600. The van der Waals surface area contributed by atoms with Crippen LogP contribution in [0.2, 0.25) is 0 Å². The number of hydrogen-bond acceptors (Lipinski definition) is 4. The number of aromatic nitrogens is 2. The van der Waals surface area contributed by atoms with Crippen LogP contribution in [0.1, 0.15) is 24.6 Å². The van der Waals surface area contributed by atoms with Crippen LogP contribution in [0.5, 0.6) is 0 Å². The Balaban J connectivity index is 2.20. The summed E-state index contributed by atoms with van der Waals surface area (Å²) >= 11 is 3.40. The first-order valence-corrected chi connectivity index (χ1v) is 5.88. The summed E-state index contributed by atoms with van der Waals surface area (Å²) in [6, 6.07) is 0. The van der Waals surface area contributed by atoms with Gasteiger partial charge in [0.1, 0.15) is 11.6 Å². The largest absolute Gasteiger partial charge is 0.381 e. The molecule has 0 unspecified atom stereocenters. The van der Waals surface area contributed by atoms with Crippen molar-refractivity contribution in [2.24, 2.45) is 0 Å². The van der Waals surface area contributed by atoms with Gasteiger partial charge in [-0.2, -0.15) is 0 Å². The standard InChI is InChI=1S/C10H14BrN3O/c1-12-10-8(11)6-13-9(14-10)7-2-4-15-5-3-7/h6-7H,2-5H2,1H3,(H,12,13,14). The van der Waals surface area contributed by atoms with Gasteiger partial charge in [0, 0.05) is 32.4 Å². The third-order valence-corrected chi connectivity index (χ3v) is 3.17. The normalized spacial score (nSPS) is 17.7. The first-order valence-electron chi connectivity index (χ1n) is 5.09. The van der Waals surface area contributed by atoms with Crippen molar-refractivity contribution in [3.63, 3.8) is 0 Å². The molecule has 0 bridgehead atoms. The third-order valence-electron chi connectivity index (χ3n) is 2.59. The highest BCUT2D eigenvalue weighted by atomic mass is 79.9. The molecule has 1 aliphatic heterocycles. The molecule has 1 aliphatic rings. The van der Waals surface area contributed by atoms with Gasteiger partial charge in [0.25, 0.3) is 0 Å². The van der Waals surface area contributed by atoms with Gasteiger partial charge < -0.3 is 10.1 Å². The first-order chi connectivity index (χ1) is 7.31. The number of hydrogen-bond donors (Lipinski definition) is 1. The topological polar surface area (TPSA) is 47.0 Å². The van der Waals surface area contributed by atoms with E-state index in [4.69, 9.17) is 4.74 Å². The summed E-state index contributed by atoms with van der Waals surface area (Å²) in [6.07, 6.45) is 3.85. The molecule has 0 amide bonds. The van der Waals surface area contributed by atoms with E-state index in [-0.39, 0.29) is 0 Å². The second-order valence-corrected chi connectivity index (χ2v) is 4.42. The minimum absolute atomic E-state index is 0.443. The summed E-state index contributed by atoms with van der Waals surface area (Å²) in [5.74, 6) is 2.22. The van der Waals surface area contributed by atoms with Gasteiger partial charge in [-0.1, -0.05) is 0 Å². The highest BCUT2D eigenvalue weighted by molar-refractivity contribution is 9.10. The molecule has 2 heterocycles. The van der Waals surface area contributed by atoms with Crippen LogP contribution in [0, 0.1) is 0 Å². The molecule has 1 N–H and O–H groups in total. The van der Waals surface area contributed by atoms with Crippen LogP contribution in [0.25, 0.3) is 0 Å². The minimum Gasteiger partial charge on any atom is -0.381 e. The molecule has 0 atom stereocenters. The van der Waals surface area contributed by atoms with Gasteiger partial charge in [0.05, 0.1) is 4.47 Å². The maximum atomic E-state index is 5.32. The van der Waals surface area contributed by atoms with Crippen LogP contribution in [0.3, 0.4) is 0 Å². The van der Waals surface area contributed by atoms with E-state index in [0.717, 1.165) is 42.2 Å². The van der Waals surface area contributed by atoms with Crippen LogP contribution in [0.4, 0.5) is 5.82 Å². The highest BCUT2D eigenvalue weighted by Crippen LogP contribution is 2.26. The fourth-order valence-corrected chi connectivity index (χ4v) is 2.10. The Morgan fingerprint density at radius 3 is 2.87 bits per heavy atom. The molecule has 5 heteroatoms. The lowest BCUT2D eigenvalue weighted by molar-refractivity contribution is 0.0836. The number of halogens is 1. The smallest absolute Gasteiger partial charge is 0.143 e. The lowest BCUT2D eigenvalue weighted by Gasteiger charge is -2.21. The van der Waals surface area contributed by atoms with Crippen molar-refractivity contribution < 1.29 is 4.74 Å². The summed E-state index contributed by atoms with van der Waals surface area (Å²) in [4.78, 5) is 8.85. The summed E-state index contributed by atoms with van der Waals surface area (Å²) in [5.41, 5.74) is 0. The summed E-state index contributed by atoms with van der Waals surface area (Å²) < 4.78 is 6.22. The summed E-state index contributed by atoms with van der Waals surface area (Å²) in [7, 11) is 1.86. The summed E-state index contributed by atoms with van der Waals surface area (Å²) in [6.45, 7) is 1.64. The maximum absolute atomic E-state index is 5.32. The predicted molar refractivity (Wildman–Crippen MR) is 62.1 cm³/mol. The van der Waals surface area contributed by atoms with E-state index in [2.05, 4.69) is 31.2 Å². The van der Waals surface area contributed by atoms with Gasteiger partial charge in [-0.15, -0.1) is 0 Å². The molecular weight excluding hydrogens is 258 g/mol. The number of nitrogens with zero attached hydrogens (tertiary/aromatic N) is 2. The van der Waals surface area contributed by atoms with Gasteiger partial charge in [0.15, 0.2) is 0 Å². The monoisotopic (exact) mass is 271 g/mol. The summed E-state index contributed by atoms with van der Waals surface area (Å²) in [5, 5.41) is 3.05. The van der Waals surface area contributed by atoms with Crippen molar-refractivity contribution in [1.29, 1.82) is 0 Å². The quantitative estimate of drug-likeness (QED) is 0.896. The zero-order valence-corrected chi connectivity index (χ0v) is 10.2. The molecule has 1 fully saturated rings. The van der Waals surface area contributed by atoms with Crippen molar-refractivity contribution >= 4 is 21.7 Å². The molecule has 0 aliphatic carbocycles. The van der Waals surface area contributed by atoms with Crippen LogP contribution in [0.15, 0.2) is 10.7 Å². The molecular formula is C10H14BrN3O. The Bertz CT molecular complexity index is 339. The number of ether oxygens (including phenoxy) is 1. The van der Waals surface area contributed by atoms with E-state index in [0.29, 0.717) is 5.92 Å². The fourth-order valence-electron chi connectivity index (χ4n) is 1.71. The van der Waals surface area contributed by atoms with E-state index >= 15 is 0 Å². The lowest BCUT2D eigenvalue weighted by Crippen LogP contribution is -2.16. The Labute approximate surface area is 97.6 Å². The molecule has 0 spiro atoms. The van der Waals surface area contributed by atoms with Crippen molar-refractivity contribution in [2.45, 2.75) is 18.8 Å². The van der Waals surface area contributed by atoms with Crippen molar-refractivity contribution in [1.82, 2.24) is 9.97 Å². The van der Waals surface area contributed by atoms with Crippen molar-refractivity contribution in [3.8, 4) is 0 Å². The van der Waals surface area contributed by atoms with E-state index < -0.39 is 0 Å². The highest BCUT2D eigenvalue weighted by Gasteiger charge is 2.19. The van der Waals surface area contributed by atoms with Crippen LogP contribution in [-0.2, 0) is 4.74 Å². The zero-order valence-electron chi connectivity index (χ0n) is 8.66. The lowest BCUT2D eigenvalue weighted by atomic mass is 9.99. The van der Waals surface area contributed by atoms with E-state index in [1.165, 1.54) is 0 Å². The van der Waals surface area contributed by atoms with Crippen LogP contribution >= 0.6 is 15.9 Å². The van der Waals surface area contributed by atoms with E-state index in [1.807, 2.05) is 13.2 Å². The number of anilines is 1. The first kappa shape index (κ1) is 10.8. The second kappa shape index (κ2) is 4.90. The molecule has 15 heavy (non-hydrogen) atoms. The zero-order chi connectivity index (χ0) is 10.7. The third kappa shape index (κ3) is 2.46. The van der Waals surface area contributed by atoms with Gasteiger partial charge in [-0.05, 0) is 28.8 Å². The van der Waals surface area contributed by atoms with Gasteiger partial charge in [-0.3, -0.25) is 0 Å². The molecule has 82 valence electrons. The molecule has 2 rings (SSSR count). The Morgan fingerprint density at radius 2 is 2.20 bits per heavy atom. The molecule has 0 radical (unpaired) electrons. The number of nitrogens with one attached hydrogen (secondary N) is 1. The average Bonchev–Trinajstić information content (AvgIpc) is 2.31. The SMILES string of the molecule is CNc1nc(C2CCOCC2)ncc1Br. The molecule has 0 aromatic carbocycles. The van der Waals surface area contributed by atoms with Gasteiger partial charge in [0.2, 0.25) is 0 Å². The Morgan fingerprint density at radius 1 is 1.47 bits per heavy atom. The van der Waals surface area contributed by atoms with Crippen molar-refractivity contribution in [3.05, 3.63) is 16.5 Å². The Kier molecular flexibility index (Phi) is 3.53. The average molecular weight is 272 g/mol. The predicted octanol–water partition coefficient (Wildman–Crippen LogP) is 2.17. The number of rotatable bonds is 2. The van der Waals surface area contributed by atoms with E-state index in [1.54, 1.807) is 0 Å². The Hall–Kier alpha value is -0.680. The van der Waals surface area contributed by atoms with Gasteiger partial charge >= 0.3 is 0 Å².